The molecule has 6 nitrogen and oxygen atoms in total. The van der Waals surface area contributed by atoms with Crippen molar-refractivity contribution in [2.24, 2.45) is 0 Å². The maximum atomic E-state index is 12.4. The van der Waals surface area contributed by atoms with E-state index in [0.717, 1.165) is 11.4 Å². The number of nitrogens with one attached hydrogen (secondary N) is 2. The molecule has 0 fully saturated rings. The number of benzene rings is 3. The number of rotatable bonds is 8. The predicted octanol–water partition coefficient (Wildman–Crippen LogP) is 4.55. The zero-order valence-electron chi connectivity index (χ0n) is 15.8. The lowest BCUT2D eigenvalue weighted by Crippen LogP contribution is -2.22. The Balaban J connectivity index is 1.65. The van der Waals surface area contributed by atoms with Crippen LogP contribution in [0.1, 0.15) is 0 Å². The van der Waals surface area contributed by atoms with Gasteiger partial charge in [-0.3, -0.25) is 4.79 Å². The summed E-state index contributed by atoms with van der Waals surface area (Å²) in [5.41, 5.74) is 1.27. The molecule has 0 heterocycles. The van der Waals surface area contributed by atoms with Gasteiger partial charge in [0, 0.05) is 6.07 Å². The molecule has 0 saturated heterocycles. The first-order valence-corrected chi connectivity index (χ1v) is 8.77. The first kappa shape index (κ1) is 19.1. The van der Waals surface area contributed by atoms with Gasteiger partial charge in [-0.15, -0.1) is 0 Å². The van der Waals surface area contributed by atoms with Crippen LogP contribution in [-0.4, -0.2) is 26.7 Å². The number of methoxy groups -OCH3 is 2. The molecule has 0 aliphatic carbocycles. The fourth-order valence-corrected chi connectivity index (χ4v) is 2.60. The van der Waals surface area contributed by atoms with Crippen molar-refractivity contribution >= 4 is 17.3 Å². The molecule has 6 heteroatoms. The number of hydrogen-bond acceptors (Lipinski definition) is 5. The third-order valence-electron chi connectivity index (χ3n) is 3.98. The van der Waals surface area contributed by atoms with Gasteiger partial charge < -0.3 is 24.8 Å². The number of carbonyl (C=O) groups excluding carboxylic acids is 1. The van der Waals surface area contributed by atoms with E-state index in [1.807, 2.05) is 54.6 Å². The van der Waals surface area contributed by atoms with Gasteiger partial charge in [0.25, 0.3) is 0 Å². The van der Waals surface area contributed by atoms with E-state index in [9.17, 15) is 4.79 Å². The van der Waals surface area contributed by atoms with Gasteiger partial charge in [-0.1, -0.05) is 30.3 Å². The van der Waals surface area contributed by atoms with Crippen LogP contribution in [-0.2, 0) is 4.79 Å². The summed E-state index contributed by atoms with van der Waals surface area (Å²) in [5.74, 6) is 2.33. The first-order chi connectivity index (χ1) is 13.7. The standard InChI is InChI=1S/C22H22N2O4/c1-26-17-12-13-20(27-2)19(14-17)24-22(25)15-23-18-10-6-7-11-21(18)28-16-8-4-3-5-9-16/h3-14,23H,15H2,1-2H3,(H,24,25). The average molecular weight is 378 g/mol. The summed E-state index contributed by atoms with van der Waals surface area (Å²) in [4.78, 5) is 12.4. The van der Waals surface area contributed by atoms with Crippen LogP contribution < -0.4 is 24.8 Å². The molecule has 0 bridgehead atoms. The van der Waals surface area contributed by atoms with Gasteiger partial charge in [-0.25, -0.2) is 0 Å². The number of para-hydroxylation sites is 3. The van der Waals surface area contributed by atoms with Crippen LogP contribution in [0.15, 0.2) is 72.8 Å². The normalized spacial score (nSPS) is 10.1. The molecule has 0 aliphatic heterocycles. The van der Waals surface area contributed by atoms with E-state index in [0.29, 0.717) is 22.9 Å². The molecule has 144 valence electrons. The largest absolute Gasteiger partial charge is 0.497 e. The van der Waals surface area contributed by atoms with Crippen molar-refractivity contribution in [2.75, 3.05) is 31.4 Å². The molecule has 2 N–H and O–H groups in total. The lowest BCUT2D eigenvalue weighted by molar-refractivity contribution is -0.114. The lowest BCUT2D eigenvalue weighted by Gasteiger charge is -2.14. The van der Waals surface area contributed by atoms with E-state index in [4.69, 9.17) is 14.2 Å². The van der Waals surface area contributed by atoms with Crippen molar-refractivity contribution < 1.29 is 19.0 Å². The Morgan fingerprint density at radius 3 is 2.29 bits per heavy atom. The highest BCUT2D eigenvalue weighted by Gasteiger charge is 2.10. The quantitative estimate of drug-likeness (QED) is 0.602. The van der Waals surface area contributed by atoms with Crippen molar-refractivity contribution in [3.05, 3.63) is 72.8 Å². The molecular formula is C22H22N2O4. The van der Waals surface area contributed by atoms with Gasteiger partial charge in [0.05, 0.1) is 32.1 Å². The highest BCUT2D eigenvalue weighted by Crippen LogP contribution is 2.30. The third-order valence-corrected chi connectivity index (χ3v) is 3.98. The molecular weight excluding hydrogens is 356 g/mol. The Morgan fingerprint density at radius 1 is 0.786 bits per heavy atom. The van der Waals surface area contributed by atoms with Crippen LogP contribution in [0.4, 0.5) is 11.4 Å². The van der Waals surface area contributed by atoms with Crippen LogP contribution in [0.3, 0.4) is 0 Å². The maximum Gasteiger partial charge on any atom is 0.243 e. The zero-order valence-corrected chi connectivity index (χ0v) is 15.8. The molecule has 3 aromatic rings. The predicted molar refractivity (Wildman–Crippen MR) is 110 cm³/mol. The Bertz CT molecular complexity index is 929. The van der Waals surface area contributed by atoms with Gasteiger partial charge in [-0.2, -0.15) is 0 Å². The zero-order chi connectivity index (χ0) is 19.8. The van der Waals surface area contributed by atoms with E-state index in [2.05, 4.69) is 10.6 Å². The molecule has 0 spiro atoms. The second kappa shape index (κ2) is 9.32. The Labute approximate surface area is 164 Å². The van der Waals surface area contributed by atoms with E-state index >= 15 is 0 Å². The summed E-state index contributed by atoms with van der Waals surface area (Å²) in [5, 5.41) is 5.94. The van der Waals surface area contributed by atoms with Crippen molar-refractivity contribution in [2.45, 2.75) is 0 Å². The molecule has 3 aromatic carbocycles. The van der Waals surface area contributed by atoms with Crippen molar-refractivity contribution in [1.29, 1.82) is 0 Å². The number of ether oxygens (including phenoxy) is 3. The Morgan fingerprint density at radius 2 is 1.54 bits per heavy atom. The number of anilines is 2. The van der Waals surface area contributed by atoms with Crippen molar-refractivity contribution in [3.8, 4) is 23.0 Å². The summed E-state index contributed by atoms with van der Waals surface area (Å²) >= 11 is 0. The van der Waals surface area contributed by atoms with Crippen LogP contribution in [0, 0.1) is 0 Å². The fraction of sp³-hybridized carbons (Fsp3) is 0.136. The smallest absolute Gasteiger partial charge is 0.243 e. The summed E-state index contributed by atoms with van der Waals surface area (Å²) in [7, 11) is 3.12. The summed E-state index contributed by atoms with van der Waals surface area (Å²) in [6.07, 6.45) is 0. The SMILES string of the molecule is COc1ccc(OC)c(NC(=O)CNc2ccccc2Oc2ccccc2)c1. The maximum absolute atomic E-state index is 12.4. The number of hydrogen-bond donors (Lipinski definition) is 2. The molecule has 0 atom stereocenters. The van der Waals surface area contributed by atoms with Crippen molar-refractivity contribution in [3.63, 3.8) is 0 Å². The number of carbonyl (C=O) groups is 1. The minimum atomic E-state index is -0.221. The molecule has 28 heavy (non-hydrogen) atoms. The second-order valence-electron chi connectivity index (χ2n) is 5.88. The van der Waals surface area contributed by atoms with Crippen LogP contribution >= 0.6 is 0 Å². The van der Waals surface area contributed by atoms with E-state index < -0.39 is 0 Å². The van der Waals surface area contributed by atoms with Gasteiger partial charge in [-0.05, 0) is 36.4 Å². The molecule has 0 saturated carbocycles. The summed E-state index contributed by atoms with van der Waals surface area (Å²) in [6.45, 7) is 0.0650. The average Bonchev–Trinajstić information content (AvgIpc) is 2.74. The van der Waals surface area contributed by atoms with Gasteiger partial charge in [0.2, 0.25) is 5.91 Å². The topological polar surface area (TPSA) is 68.8 Å². The minimum absolute atomic E-state index is 0.0650. The Kier molecular flexibility index (Phi) is 6.36. The molecule has 1 amide bonds. The third kappa shape index (κ3) is 4.94. The summed E-state index contributed by atoms with van der Waals surface area (Å²) in [6, 6.07) is 22.2. The monoisotopic (exact) mass is 378 g/mol. The highest BCUT2D eigenvalue weighted by atomic mass is 16.5. The molecule has 0 aromatic heterocycles. The Hall–Kier alpha value is -3.67. The second-order valence-corrected chi connectivity index (χ2v) is 5.88. The van der Waals surface area contributed by atoms with E-state index in [-0.39, 0.29) is 12.5 Å². The van der Waals surface area contributed by atoms with E-state index in [1.165, 1.54) is 0 Å². The summed E-state index contributed by atoms with van der Waals surface area (Å²) < 4.78 is 16.4. The van der Waals surface area contributed by atoms with E-state index in [1.54, 1.807) is 32.4 Å². The number of amides is 1. The molecule has 0 aliphatic rings. The van der Waals surface area contributed by atoms with Gasteiger partial charge in [0.1, 0.15) is 17.2 Å². The lowest BCUT2D eigenvalue weighted by atomic mass is 10.2. The first-order valence-electron chi connectivity index (χ1n) is 8.77. The van der Waals surface area contributed by atoms with Crippen LogP contribution in [0.5, 0.6) is 23.0 Å². The highest BCUT2D eigenvalue weighted by molar-refractivity contribution is 5.95. The van der Waals surface area contributed by atoms with Gasteiger partial charge in [0.15, 0.2) is 5.75 Å². The molecule has 3 rings (SSSR count). The van der Waals surface area contributed by atoms with Crippen molar-refractivity contribution in [1.82, 2.24) is 0 Å². The minimum Gasteiger partial charge on any atom is -0.497 e. The van der Waals surface area contributed by atoms with Gasteiger partial charge >= 0.3 is 0 Å². The van der Waals surface area contributed by atoms with Crippen LogP contribution in [0.2, 0.25) is 0 Å². The molecule has 0 radical (unpaired) electrons. The van der Waals surface area contributed by atoms with Crippen LogP contribution in [0.25, 0.3) is 0 Å². The fourth-order valence-electron chi connectivity index (χ4n) is 2.60. The molecule has 0 unspecified atom stereocenters.